The van der Waals surface area contributed by atoms with Crippen molar-refractivity contribution in [1.82, 2.24) is 52.8 Å². The number of amides is 10. The van der Waals surface area contributed by atoms with Crippen molar-refractivity contribution in [2.24, 2.45) is 27.9 Å². The van der Waals surface area contributed by atoms with E-state index < -0.39 is 207 Å². The van der Waals surface area contributed by atoms with Gasteiger partial charge in [-0.1, -0.05) is 42.5 Å². The van der Waals surface area contributed by atoms with Crippen molar-refractivity contribution in [3.05, 3.63) is 65.7 Å². The molecular formula is C59H87N15O20S. The third-order valence-corrected chi connectivity index (χ3v) is 15.2. The molecule has 1 fully saturated rings. The first-order chi connectivity index (χ1) is 45.0. The number of benzene rings is 2. The molecule has 0 radical (unpaired) electrons. The summed E-state index contributed by atoms with van der Waals surface area (Å²) < 4.78 is 0. The largest absolute Gasteiger partial charge is 0.508 e. The summed E-state index contributed by atoms with van der Waals surface area (Å²) in [4.78, 5) is 192. The summed E-state index contributed by atoms with van der Waals surface area (Å²) in [5.74, 6) is -16.6. The minimum Gasteiger partial charge on any atom is -0.508 e. The van der Waals surface area contributed by atoms with Gasteiger partial charge >= 0.3 is 23.9 Å². The predicted octanol–water partition coefficient (Wildman–Crippen LogP) is -5.34. The highest BCUT2D eigenvalue weighted by atomic mass is 32.1. The summed E-state index contributed by atoms with van der Waals surface area (Å²) in [6.07, 6.45) is -3.44. The van der Waals surface area contributed by atoms with Crippen LogP contribution >= 0.6 is 12.6 Å². The molecule has 35 nitrogen and oxygen atoms in total. The van der Waals surface area contributed by atoms with Crippen molar-refractivity contribution in [3.8, 4) is 5.75 Å². The lowest BCUT2D eigenvalue weighted by molar-refractivity contribution is -0.150. The molecule has 0 bridgehead atoms. The first kappa shape index (κ1) is 79.6. The zero-order valence-electron chi connectivity index (χ0n) is 52.2. The number of nitrogens with two attached hydrogens (primary N) is 4. The molecule has 0 aromatic heterocycles. The van der Waals surface area contributed by atoms with Crippen molar-refractivity contribution in [2.75, 3.05) is 32.0 Å². The number of guanidine groups is 1. The lowest BCUT2D eigenvalue weighted by Crippen LogP contribution is -2.61. The molecule has 23 N–H and O–H groups in total. The van der Waals surface area contributed by atoms with Gasteiger partial charge in [-0.25, -0.2) is 4.79 Å². The Bertz CT molecular complexity index is 3020. The Hall–Kier alpha value is -9.68. The van der Waals surface area contributed by atoms with Crippen LogP contribution in [0.2, 0.25) is 0 Å². The Labute approximate surface area is 551 Å². The van der Waals surface area contributed by atoms with Gasteiger partial charge in [-0.3, -0.25) is 67.3 Å². The maximum Gasteiger partial charge on any atom is 0.326 e. The van der Waals surface area contributed by atoms with Crippen LogP contribution in [0.3, 0.4) is 0 Å². The third-order valence-electron chi connectivity index (χ3n) is 14.8. The molecule has 524 valence electrons. The fourth-order valence-electron chi connectivity index (χ4n) is 9.62. The number of aliphatic carboxylic acids is 4. The number of hydrogen-bond donors (Lipinski definition) is 20. The molecule has 1 aliphatic heterocycles. The molecule has 0 aliphatic carbocycles. The Balaban J connectivity index is 1.95. The average molecular weight is 1360 g/mol. The number of carbonyl (C=O) groups is 14. The number of hydrogen-bond acceptors (Lipinski definition) is 20. The highest BCUT2D eigenvalue weighted by Gasteiger charge is 2.40. The first-order valence-electron chi connectivity index (χ1n) is 30.4. The number of nitrogens with zero attached hydrogens (tertiary/aromatic N) is 2. The lowest BCUT2D eigenvalue weighted by atomic mass is 10.0. The summed E-state index contributed by atoms with van der Waals surface area (Å²) in [5, 5.41) is 79.8. The molecule has 10 amide bonds. The fourth-order valence-corrected chi connectivity index (χ4v) is 9.88. The summed E-state index contributed by atoms with van der Waals surface area (Å²) in [6, 6.07) is -3.63. The smallest absolute Gasteiger partial charge is 0.326 e. The van der Waals surface area contributed by atoms with Crippen LogP contribution in [0.1, 0.15) is 102 Å². The van der Waals surface area contributed by atoms with E-state index in [1.54, 1.807) is 30.3 Å². The lowest BCUT2D eigenvalue weighted by Gasteiger charge is -2.29. The van der Waals surface area contributed by atoms with Crippen LogP contribution in [0.25, 0.3) is 0 Å². The summed E-state index contributed by atoms with van der Waals surface area (Å²) in [6.45, 7) is 0.505. The van der Waals surface area contributed by atoms with E-state index in [4.69, 9.17) is 22.9 Å². The van der Waals surface area contributed by atoms with Gasteiger partial charge in [0.25, 0.3) is 0 Å². The molecule has 11 atom stereocenters. The number of aromatic hydroxyl groups is 1. The molecule has 0 unspecified atom stereocenters. The summed E-state index contributed by atoms with van der Waals surface area (Å²) in [7, 11) is 0. The number of carboxylic acid groups (broad SMARTS) is 4. The third kappa shape index (κ3) is 28.6. The normalized spacial score (nSPS) is 15.7. The van der Waals surface area contributed by atoms with E-state index in [0.29, 0.717) is 24.0 Å². The number of rotatable bonds is 43. The van der Waals surface area contributed by atoms with E-state index in [1.807, 2.05) is 0 Å². The molecule has 95 heavy (non-hydrogen) atoms. The van der Waals surface area contributed by atoms with Gasteiger partial charge in [0.05, 0.1) is 6.61 Å². The molecule has 1 heterocycles. The minimum atomic E-state index is -1.79. The van der Waals surface area contributed by atoms with Crippen molar-refractivity contribution >= 4 is 102 Å². The van der Waals surface area contributed by atoms with E-state index in [2.05, 4.69) is 65.5 Å². The Morgan fingerprint density at radius 2 is 0.947 bits per heavy atom. The standard InChI is InChI=1S/C59H87N15O20S/c1-31(48(83)66-36(11-5-6-24-60)50(85)70-40(20-23-47(81)82)57(92)74-26-8-13-44(74)58(93)94)65-56(91)43(30-95)73-53(88)39(19-22-46(79)80)69-54(89)42(28-33-14-16-34(76)17-15-33)72-55(90)41(27-32-9-3-2-4-10-32)71-51(86)37(12-7-25-64-59(62)63)68-52(87)38(18-21-45(77)78)67-49(84)35(61)29-75/h2-4,9-10,14-17,31,35-44,75-76,95H,5-8,11-13,18-30,60-61H2,1H3,(H,65,91)(H,66,83)(H,67,84)(H,68,87)(H,69,89)(H,70,85)(H,71,86)(H,72,90)(H,73,88)(H,77,78)(H,79,80)(H,81,82)(H,93,94)(H4,62,63,64)/t31-,35-,36-,37-,38-,39-,40-,41-,42-,43-,44-/m0/s1. The van der Waals surface area contributed by atoms with E-state index >= 15 is 0 Å². The average Bonchev–Trinajstić information content (AvgIpc) is 1.81. The number of aliphatic imine (C=N–C) groups is 1. The number of thiol groups is 1. The number of likely N-dealkylation sites (tertiary alicyclic amines) is 1. The van der Waals surface area contributed by atoms with Crippen LogP contribution in [0.5, 0.6) is 5.75 Å². The number of carbonyl (C=O) groups excluding carboxylic acids is 10. The second-order valence-electron chi connectivity index (χ2n) is 22.3. The maximum absolute atomic E-state index is 14.7. The Morgan fingerprint density at radius 3 is 1.41 bits per heavy atom. The molecule has 1 aliphatic rings. The van der Waals surface area contributed by atoms with E-state index in [-0.39, 0.29) is 69.9 Å². The fraction of sp³-hybridized carbons (Fsp3) is 0.542. The molecule has 2 aromatic carbocycles. The number of carboxylic acids is 4. The van der Waals surface area contributed by atoms with Gasteiger partial charge in [0.15, 0.2) is 5.96 Å². The molecule has 1 saturated heterocycles. The zero-order chi connectivity index (χ0) is 70.9. The number of nitrogens with one attached hydrogen (secondary N) is 9. The SMILES string of the molecule is C[C@H](NC(=O)[C@H](CS)NC(=O)[C@H](CCC(=O)O)NC(=O)[C@H](Cc1ccc(O)cc1)NC(=O)[C@H](Cc1ccccc1)NC(=O)[C@H](CCCN=C(N)N)NC(=O)[C@H](CCC(=O)O)NC(=O)[C@@H](N)CO)C(=O)N[C@@H](CCCCN)C(=O)N[C@@H](CCC(=O)O)C(=O)N1CCC[C@H]1C(=O)O. The first-order valence-corrected chi connectivity index (χ1v) is 31.1. The topological polar surface area (TPSA) is 588 Å². The molecule has 36 heteroatoms. The molecule has 0 spiro atoms. The monoisotopic (exact) mass is 1360 g/mol. The molecule has 0 saturated carbocycles. The minimum absolute atomic E-state index is 0.0144. The number of aliphatic hydroxyl groups is 1. The second kappa shape index (κ2) is 41.1. The van der Waals surface area contributed by atoms with Crippen LogP contribution in [-0.4, -0.2) is 223 Å². The quantitative estimate of drug-likeness (QED) is 0.0128. The van der Waals surface area contributed by atoms with Crippen molar-refractivity contribution < 1.29 is 97.8 Å². The van der Waals surface area contributed by atoms with Crippen LogP contribution in [0, 0.1) is 0 Å². The summed E-state index contributed by atoms with van der Waals surface area (Å²) >= 11 is 4.20. The number of unbranched alkanes of at least 4 members (excludes halogenated alkanes) is 1. The number of phenolic OH excluding ortho intramolecular Hbond substituents is 1. The summed E-state index contributed by atoms with van der Waals surface area (Å²) in [5.41, 5.74) is 23.0. The predicted molar refractivity (Wildman–Crippen MR) is 340 cm³/mol. The number of phenols is 1. The van der Waals surface area contributed by atoms with Crippen molar-refractivity contribution in [3.63, 3.8) is 0 Å². The van der Waals surface area contributed by atoms with Gasteiger partial charge in [-0.15, -0.1) is 0 Å². The van der Waals surface area contributed by atoms with Crippen LogP contribution in [0.4, 0.5) is 0 Å². The van der Waals surface area contributed by atoms with Gasteiger partial charge in [0, 0.05) is 50.9 Å². The van der Waals surface area contributed by atoms with Crippen LogP contribution in [-0.2, 0) is 80.0 Å². The van der Waals surface area contributed by atoms with Crippen LogP contribution < -0.4 is 70.8 Å². The highest BCUT2D eigenvalue weighted by Crippen LogP contribution is 2.21. The molecule has 3 rings (SSSR count). The van der Waals surface area contributed by atoms with Crippen molar-refractivity contribution in [2.45, 2.75) is 170 Å². The van der Waals surface area contributed by atoms with E-state index in [0.717, 1.165) is 4.90 Å². The second-order valence-corrected chi connectivity index (χ2v) is 22.7. The van der Waals surface area contributed by atoms with Gasteiger partial charge in [0.1, 0.15) is 72.2 Å². The van der Waals surface area contributed by atoms with Crippen LogP contribution in [0.15, 0.2) is 59.6 Å². The molecular weight excluding hydrogens is 1270 g/mol. The Kier molecular flexibility index (Phi) is 34.4. The Morgan fingerprint density at radius 1 is 0.537 bits per heavy atom. The van der Waals surface area contributed by atoms with Gasteiger partial charge in [-0.2, -0.15) is 12.6 Å². The van der Waals surface area contributed by atoms with Gasteiger partial charge < -0.3 is 106 Å². The van der Waals surface area contributed by atoms with E-state index in [1.165, 1.54) is 31.2 Å². The number of aliphatic hydroxyl groups excluding tert-OH is 1. The maximum atomic E-state index is 14.7. The van der Waals surface area contributed by atoms with Crippen molar-refractivity contribution in [1.29, 1.82) is 0 Å². The van der Waals surface area contributed by atoms with Gasteiger partial charge in [0.2, 0.25) is 59.1 Å². The van der Waals surface area contributed by atoms with Gasteiger partial charge in [-0.05, 0) is 101 Å². The molecule has 2 aromatic rings. The highest BCUT2D eigenvalue weighted by molar-refractivity contribution is 7.80. The van der Waals surface area contributed by atoms with E-state index in [9.17, 15) is 97.8 Å². The zero-order valence-corrected chi connectivity index (χ0v) is 53.1.